The van der Waals surface area contributed by atoms with Gasteiger partial charge in [0.1, 0.15) is 0 Å². The molecule has 1 aromatic rings. The van der Waals surface area contributed by atoms with E-state index in [1.165, 1.54) is 6.42 Å². The first-order valence-electron chi connectivity index (χ1n) is 7.87. The van der Waals surface area contributed by atoms with Crippen LogP contribution in [0.4, 0.5) is 5.69 Å². The standard InChI is InChI=1S/C16H24N2O2S/c1-13-12-14-8-6-7-11-16(14)18(13)21(19,20)17(2)15-9-4-3-5-10-15/h6-8,11,13,15H,3-5,9-10,12H2,1-2H3/t13-/m0/s1. The van der Waals surface area contributed by atoms with Gasteiger partial charge in [0.25, 0.3) is 0 Å². The van der Waals surface area contributed by atoms with Gasteiger partial charge in [-0.25, -0.2) is 0 Å². The van der Waals surface area contributed by atoms with Crippen LogP contribution >= 0.6 is 0 Å². The maximum absolute atomic E-state index is 13.1. The third kappa shape index (κ3) is 2.57. The zero-order valence-corrected chi connectivity index (χ0v) is 13.6. The van der Waals surface area contributed by atoms with E-state index in [-0.39, 0.29) is 12.1 Å². The Balaban J connectivity index is 1.91. The maximum Gasteiger partial charge on any atom is 0.304 e. The molecule has 1 atom stereocenters. The highest BCUT2D eigenvalue weighted by atomic mass is 32.2. The molecule has 1 aromatic carbocycles. The molecular weight excluding hydrogens is 284 g/mol. The van der Waals surface area contributed by atoms with Gasteiger partial charge in [-0.15, -0.1) is 0 Å². The molecular formula is C16H24N2O2S. The number of nitrogens with zero attached hydrogens (tertiary/aromatic N) is 2. The van der Waals surface area contributed by atoms with E-state index in [0.29, 0.717) is 0 Å². The van der Waals surface area contributed by atoms with Crippen molar-refractivity contribution in [1.82, 2.24) is 4.31 Å². The van der Waals surface area contributed by atoms with Crippen LogP contribution in [0.2, 0.25) is 0 Å². The monoisotopic (exact) mass is 308 g/mol. The molecule has 1 aliphatic carbocycles. The Morgan fingerprint density at radius 1 is 1.14 bits per heavy atom. The third-order valence-electron chi connectivity index (χ3n) is 4.85. The predicted molar refractivity (Wildman–Crippen MR) is 85.6 cm³/mol. The molecule has 0 spiro atoms. The zero-order chi connectivity index (χ0) is 15.0. The van der Waals surface area contributed by atoms with E-state index in [1.54, 1.807) is 15.7 Å². The van der Waals surface area contributed by atoms with Gasteiger partial charge in [-0.2, -0.15) is 12.7 Å². The van der Waals surface area contributed by atoms with Crippen LogP contribution in [0.1, 0.15) is 44.6 Å². The lowest BCUT2D eigenvalue weighted by Gasteiger charge is -2.35. The van der Waals surface area contributed by atoms with Crippen molar-refractivity contribution in [3.8, 4) is 0 Å². The molecule has 5 heteroatoms. The van der Waals surface area contributed by atoms with Gasteiger partial charge < -0.3 is 0 Å². The van der Waals surface area contributed by atoms with Crippen molar-refractivity contribution in [2.75, 3.05) is 11.4 Å². The Hall–Kier alpha value is -1.07. The van der Waals surface area contributed by atoms with Crippen LogP contribution < -0.4 is 4.31 Å². The fourth-order valence-corrected chi connectivity index (χ4v) is 5.48. The Kier molecular flexibility index (Phi) is 3.97. The van der Waals surface area contributed by atoms with E-state index in [1.807, 2.05) is 31.2 Å². The first-order valence-corrected chi connectivity index (χ1v) is 9.27. The maximum atomic E-state index is 13.1. The van der Waals surface area contributed by atoms with Gasteiger partial charge in [-0.3, -0.25) is 4.31 Å². The fraction of sp³-hybridized carbons (Fsp3) is 0.625. The zero-order valence-electron chi connectivity index (χ0n) is 12.8. The average Bonchev–Trinajstić information content (AvgIpc) is 2.83. The van der Waals surface area contributed by atoms with E-state index in [0.717, 1.165) is 43.4 Å². The molecule has 1 saturated carbocycles. The number of fused-ring (bicyclic) bond motifs is 1. The highest BCUT2D eigenvalue weighted by Gasteiger charge is 2.39. The number of hydrogen-bond donors (Lipinski definition) is 0. The smallest absolute Gasteiger partial charge is 0.254 e. The van der Waals surface area contributed by atoms with Crippen LogP contribution in [-0.2, 0) is 16.6 Å². The molecule has 21 heavy (non-hydrogen) atoms. The molecule has 0 saturated heterocycles. The summed E-state index contributed by atoms with van der Waals surface area (Å²) in [6, 6.07) is 8.00. The summed E-state index contributed by atoms with van der Waals surface area (Å²) in [6.45, 7) is 1.99. The van der Waals surface area contributed by atoms with Crippen LogP contribution in [0, 0.1) is 0 Å². The predicted octanol–water partition coefficient (Wildman–Crippen LogP) is 2.95. The van der Waals surface area contributed by atoms with Crippen molar-refractivity contribution in [3.05, 3.63) is 29.8 Å². The van der Waals surface area contributed by atoms with Crippen molar-refractivity contribution in [3.63, 3.8) is 0 Å². The molecule has 4 nitrogen and oxygen atoms in total. The van der Waals surface area contributed by atoms with Crippen molar-refractivity contribution in [2.45, 2.75) is 57.5 Å². The van der Waals surface area contributed by atoms with Crippen LogP contribution in [0.15, 0.2) is 24.3 Å². The quantitative estimate of drug-likeness (QED) is 0.861. The summed E-state index contributed by atoms with van der Waals surface area (Å²) in [6.07, 6.45) is 6.27. The minimum atomic E-state index is -3.43. The van der Waals surface area contributed by atoms with Crippen LogP contribution in [-0.4, -0.2) is 31.9 Å². The molecule has 0 aromatic heterocycles. The van der Waals surface area contributed by atoms with Crippen molar-refractivity contribution in [1.29, 1.82) is 0 Å². The molecule has 0 bridgehead atoms. The summed E-state index contributed by atoms with van der Waals surface area (Å²) in [5.74, 6) is 0. The topological polar surface area (TPSA) is 40.6 Å². The second-order valence-electron chi connectivity index (χ2n) is 6.29. The number of rotatable bonds is 3. The Morgan fingerprint density at radius 2 is 1.81 bits per heavy atom. The lowest BCUT2D eigenvalue weighted by atomic mass is 9.96. The lowest BCUT2D eigenvalue weighted by molar-refractivity contribution is 0.284. The Labute approximate surface area is 127 Å². The van der Waals surface area contributed by atoms with Crippen molar-refractivity contribution in [2.24, 2.45) is 0 Å². The SMILES string of the molecule is C[C@H]1Cc2ccccc2N1S(=O)(=O)N(C)C1CCCCC1. The van der Waals surface area contributed by atoms with Gasteiger partial charge in [-0.05, 0) is 37.8 Å². The largest absolute Gasteiger partial charge is 0.304 e. The summed E-state index contributed by atoms with van der Waals surface area (Å²) in [7, 11) is -1.69. The average molecular weight is 308 g/mol. The Bertz CT molecular complexity index is 608. The lowest BCUT2D eigenvalue weighted by Crippen LogP contribution is -2.49. The van der Waals surface area contributed by atoms with Crippen LogP contribution in [0.3, 0.4) is 0 Å². The van der Waals surface area contributed by atoms with Gasteiger partial charge in [0.05, 0.1) is 5.69 Å². The van der Waals surface area contributed by atoms with E-state index < -0.39 is 10.2 Å². The van der Waals surface area contributed by atoms with E-state index >= 15 is 0 Å². The molecule has 1 fully saturated rings. The van der Waals surface area contributed by atoms with E-state index in [4.69, 9.17) is 0 Å². The fourth-order valence-electron chi connectivity index (χ4n) is 3.66. The molecule has 0 unspecified atom stereocenters. The van der Waals surface area contributed by atoms with Gasteiger partial charge in [0, 0.05) is 19.1 Å². The number of anilines is 1. The molecule has 0 N–H and O–H groups in total. The number of hydrogen-bond acceptors (Lipinski definition) is 2. The summed E-state index contributed by atoms with van der Waals surface area (Å²) in [4.78, 5) is 0. The molecule has 2 aliphatic rings. The van der Waals surface area contributed by atoms with E-state index in [2.05, 4.69) is 0 Å². The summed E-state index contributed by atoms with van der Waals surface area (Å²) in [5.41, 5.74) is 1.98. The second kappa shape index (κ2) is 5.61. The summed E-state index contributed by atoms with van der Waals surface area (Å²) >= 11 is 0. The molecule has 0 amide bonds. The highest BCUT2D eigenvalue weighted by molar-refractivity contribution is 7.90. The molecule has 0 radical (unpaired) electrons. The third-order valence-corrected chi connectivity index (χ3v) is 6.93. The second-order valence-corrected chi connectivity index (χ2v) is 8.16. The molecule has 116 valence electrons. The minimum Gasteiger partial charge on any atom is -0.254 e. The Morgan fingerprint density at radius 3 is 2.52 bits per heavy atom. The molecule has 1 heterocycles. The summed E-state index contributed by atoms with van der Waals surface area (Å²) in [5, 5.41) is 0. The van der Waals surface area contributed by atoms with Gasteiger partial charge in [0.2, 0.25) is 0 Å². The van der Waals surface area contributed by atoms with Gasteiger partial charge >= 0.3 is 10.2 Å². The molecule has 1 aliphatic heterocycles. The normalized spacial score (nSPS) is 23.6. The summed E-state index contributed by atoms with van der Waals surface area (Å²) < 4.78 is 29.4. The highest BCUT2D eigenvalue weighted by Crippen LogP contribution is 2.36. The number of para-hydroxylation sites is 1. The van der Waals surface area contributed by atoms with Gasteiger partial charge in [-0.1, -0.05) is 37.5 Å². The first-order chi connectivity index (χ1) is 10.0. The van der Waals surface area contributed by atoms with Crippen molar-refractivity contribution < 1.29 is 8.42 Å². The number of benzene rings is 1. The van der Waals surface area contributed by atoms with E-state index in [9.17, 15) is 8.42 Å². The molecule has 3 rings (SSSR count). The van der Waals surface area contributed by atoms with Crippen LogP contribution in [0.5, 0.6) is 0 Å². The van der Waals surface area contributed by atoms with Crippen molar-refractivity contribution >= 4 is 15.9 Å². The minimum absolute atomic E-state index is 0.00144. The van der Waals surface area contributed by atoms with Gasteiger partial charge in [0.15, 0.2) is 0 Å². The first kappa shape index (κ1) is 14.9. The van der Waals surface area contributed by atoms with Crippen LogP contribution in [0.25, 0.3) is 0 Å².